The molecule has 1 aromatic rings. The van der Waals surface area contributed by atoms with Crippen LogP contribution in [-0.2, 0) is 10.2 Å². The standard InChI is InChI=1S/C21H30N4O4S/c26-20-18-8-3-4-9-19(18)21(27)25(20)13-7-10-22-14-16-24(17-15-22)30(28,29)23-11-5-1-2-6-12-23/h3-4,8-9H,1-2,5-7,10-17H2. The highest BCUT2D eigenvalue weighted by Crippen LogP contribution is 2.23. The van der Waals surface area contributed by atoms with Gasteiger partial charge in [0, 0.05) is 45.8 Å². The van der Waals surface area contributed by atoms with Gasteiger partial charge in [-0.1, -0.05) is 25.0 Å². The van der Waals surface area contributed by atoms with Gasteiger partial charge in [-0.3, -0.25) is 14.5 Å². The summed E-state index contributed by atoms with van der Waals surface area (Å²) in [5.74, 6) is -0.437. The van der Waals surface area contributed by atoms with Gasteiger partial charge in [0.15, 0.2) is 0 Å². The zero-order valence-electron chi connectivity index (χ0n) is 17.3. The van der Waals surface area contributed by atoms with Crippen molar-refractivity contribution >= 4 is 22.0 Å². The second-order valence-electron chi connectivity index (χ2n) is 8.22. The first kappa shape index (κ1) is 21.4. The molecular formula is C21H30N4O4S. The molecule has 2 amide bonds. The molecule has 8 nitrogen and oxygen atoms in total. The van der Waals surface area contributed by atoms with E-state index in [4.69, 9.17) is 0 Å². The topological polar surface area (TPSA) is 81.2 Å². The molecular weight excluding hydrogens is 404 g/mol. The first-order valence-corrected chi connectivity index (χ1v) is 12.3. The Labute approximate surface area is 178 Å². The van der Waals surface area contributed by atoms with E-state index in [9.17, 15) is 18.0 Å². The fourth-order valence-corrected chi connectivity index (χ4v) is 6.19. The van der Waals surface area contributed by atoms with E-state index in [1.807, 2.05) is 0 Å². The van der Waals surface area contributed by atoms with Gasteiger partial charge >= 0.3 is 0 Å². The lowest BCUT2D eigenvalue weighted by Gasteiger charge is -2.36. The number of piperazine rings is 1. The van der Waals surface area contributed by atoms with Crippen molar-refractivity contribution in [2.45, 2.75) is 32.1 Å². The van der Waals surface area contributed by atoms with E-state index in [0.717, 1.165) is 32.2 Å². The molecule has 0 unspecified atom stereocenters. The van der Waals surface area contributed by atoms with Crippen molar-refractivity contribution in [3.05, 3.63) is 35.4 Å². The van der Waals surface area contributed by atoms with E-state index in [0.29, 0.717) is 63.4 Å². The Bertz CT molecular complexity index is 853. The van der Waals surface area contributed by atoms with Crippen LogP contribution in [0.3, 0.4) is 0 Å². The number of imide groups is 1. The largest absolute Gasteiger partial charge is 0.301 e. The van der Waals surface area contributed by atoms with E-state index in [1.165, 1.54) is 4.90 Å². The van der Waals surface area contributed by atoms with E-state index in [2.05, 4.69) is 4.90 Å². The highest BCUT2D eigenvalue weighted by molar-refractivity contribution is 7.86. The lowest BCUT2D eigenvalue weighted by Crippen LogP contribution is -2.53. The molecule has 9 heteroatoms. The van der Waals surface area contributed by atoms with E-state index >= 15 is 0 Å². The van der Waals surface area contributed by atoms with Gasteiger partial charge in [-0.05, 0) is 37.9 Å². The van der Waals surface area contributed by atoms with Crippen molar-refractivity contribution in [3.8, 4) is 0 Å². The molecule has 30 heavy (non-hydrogen) atoms. The summed E-state index contributed by atoms with van der Waals surface area (Å²) in [6.45, 7) is 4.72. The van der Waals surface area contributed by atoms with E-state index in [1.54, 1.807) is 32.9 Å². The van der Waals surface area contributed by atoms with Gasteiger partial charge in [-0.15, -0.1) is 0 Å². The average molecular weight is 435 g/mol. The molecule has 3 heterocycles. The number of hydrogen-bond donors (Lipinski definition) is 0. The molecule has 0 aliphatic carbocycles. The molecule has 0 N–H and O–H groups in total. The highest BCUT2D eigenvalue weighted by Gasteiger charge is 2.35. The third kappa shape index (κ3) is 4.30. The molecule has 0 saturated carbocycles. The lowest BCUT2D eigenvalue weighted by atomic mass is 10.1. The number of amides is 2. The van der Waals surface area contributed by atoms with E-state index < -0.39 is 10.2 Å². The Balaban J connectivity index is 1.24. The van der Waals surface area contributed by atoms with Gasteiger partial charge in [0.05, 0.1) is 11.1 Å². The number of nitrogens with zero attached hydrogens (tertiary/aromatic N) is 4. The third-order valence-electron chi connectivity index (χ3n) is 6.28. The molecule has 2 fully saturated rings. The van der Waals surface area contributed by atoms with Gasteiger partial charge in [0.1, 0.15) is 0 Å². The van der Waals surface area contributed by atoms with Crippen LogP contribution in [0.2, 0.25) is 0 Å². The molecule has 2 saturated heterocycles. The van der Waals surface area contributed by atoms with Crippen LogP contribution in [-0.4, -0.2) is 91.0 Å². The molecule has 0 radical (unpaired) electrons. The van der Waals surface area contributed by atoms with Crippen LogP contribution in [0.1, 0.15) is 52.8 Å². The number of hydrogen-bond acceptors (Lipinski definition) is 5. The summed E-state index contributed by atoms with van der Waals surface area (Å²) in [5, 5.41) is 0. The van der Waals surface area contributed by atoms with Gasteiger partial charge < -0.3 is 4.90 Å². The summed E-state index contributed by atoms with van der Waals surface area (Å²) >= 11 is 0. The number of benzene rings is 1. The zero-order valence-corrected chi connectivity index (χ0v) is 18.1. The molecule has 3 aliphatic rings. The Hall–Kier alpha value is -1.81. The Morgan fingerprint density at radius 1 is 0.700 bits per heavy atom. The second kappa shape index (κ2) is 9.13. The maximum absolute atomic E-state index is 12.9. The maximum Gasteiger partial charge on any atom is 0.282 e. The summed E-state index contributed by atoms with van der Waals surface area (Å²) in [7, 11) is -3.37. The van der Waals surface area contributed by atoms with Gasteiger partial charge in [0.2, 0.25) is 0 Å². The van der Waals surface area contributed by atoms with Crippen LogP contribution >= 0.6 is 0 Å². The van der Waals surface area contributed by atoms with E-state index in [-0.39, 0.29) is 11.8 Å². The van der Waals surface area contributed by atoms with Crippen molar-refractivity contribution in [2.24, 2.45) is 0 Å². The number of carbonyl (C=O) groups is 2. The Morgan fingerprint density at radius 2 is 1.23 bits per heavy atom. The summed E-state index contributed by atoms with van der Waals surface area (Å²) in [4.78, 5) is 28.4. The smallest absolute Gasteiger partial charge is 0.282 e. The second-order valence-corrected chi connectivity index (χ2v) is 10.2. The number of carbonyl (C=O) groups excluding carboxylic acids is 2. The summed E-state index contributed by atoms with van der Waals surface area (Å²) in [5.41, 5.74) is 0.963. The van der Waals surface area contributed by atoms with Crippen molar-refractivity contribution in [1.82, 2.24) is 18.4 Å². The van der Waals surface area contributed by atoms with Crippen molar-refractivity contribution < 1.29 is 18.0 Å². The van der Waals surface area contributed by atoms with Crippen molar-refractivity contribution in [2.75, 3.05) is 52.4 Å². The monoisotopic (exact) mass is 434 g/mol. The fraction of sp³-hybridized carbons (Fsp3) is 0.619. The van der Waals surface area contributed by atoms with Gasteiger partial charge in [0.25, 0.3) is 22.0 Å². The summed E-state index contributed by atoms with van der Waals surface area (Å²) in [6.07, 6.45) is 4.78. The predicted molar refractivity (Wildman–Crippen MR) is 113 cm³/mol. The summed E-state index contributed by atoms with van der Waals surface area (Å²) < 4.78 is 29.1. The first-order valence-electron chi connectivity index (χ1n) is 10.9. The minimum Gasteiger partial charge on any atom is -0.301 e. The first-order chi connectivity index (χ1) is 14.5. The fourth-order valence-electron chi connectivity index (χ4n) is 4.51. The van der Waals surface area contributed by atoms with Crippen molar-refractivity contribution in [3.63, 3.8) is 0 Å². The van der Waals surface area contributed by atoms with Gasteiger partial charge in [-0.25, -0.2) is 0 Å². The Kier molecular flexibility index (Phi) is 6.52. The maximum atomic E-state index is 12.9. The molecule has 0 spiro atoms. The molecule has 1 aromatic carbocycles. The third-order valence-corrected chi connectivity index (χ3v) is 8.32. The molecule has 0 atom stereocenters. The SMILES string of the molecule is O=C1c2ccccc2C(=O)N1CCCN1CCN(S(=O)(=O)N2CCCCCC2)CC1. The Morgan fingerprint density at radius 3 is 1.80 bits per heavy atom. The van der Waals surface area contributed by atoms with Crippen molar-refractivity contribution in [1.29, 1.82) is 0 Å². The van der Waals surface area contributed by atoms with Crippen LogP contribution in [0.25, 0.3) is 0 Å². The van der Waals surface area contributed by atoms with Crippen LogP contribution in [0.4, 0.5) is 0 Å². The van der Waals surface area contributed by atoms with Crippen LogP contribution in [0.15, 0.2) is 24.3 Å². The quantitative estimate of drug-likeness (QED) is 0.633. The van der Waals surface area contributed by atoms with Crippen LogP contribution in [0.5, 0.6) is 0 Å². The lowest BCUT2D eigenvalue weighted by molar-refractivity contribution is 0.0644. The normalized spacial score (nSPS) is 22.3. The van der Waals surface area contributed by atoms with Gasteiger partial charge in [-0.2, -0.15) is 17.0 Å². The number of rotatable bonds is 6. The van der Waals surface area contributed by atoms with Crippen LogP contribution < -0.4 is 0 Å². The predicted octanol–water partition coefficient (Wildman–Crippen LogP) is 1.41. The highest BCUT2D eigenvalue weighted by atomic mass is 32.2. The summed E-state index contributed by atoms with van der Waals surface area (Å²) in [6, 6.07) is 6.93. The minimum absolute atomic E-state index is 0.219. The molecule has 0 bridgehead atoms. The molecule has 3 aliphatic heterocycles. The minimum atomic E-state index is -3.37. The molecule has 164 valence electrons. The molecule has 4 rings (SSSR count). The van der Waals surface area contributed by atoms with Crippen LogP contribution in [0, 0.1) is 0 Å². The zero-order chi connectivity index (χ0) is 21.1. The number of fused-ring (bicyclic) bond motifs is 1. The molecule has 0 aromatic heterocycles. The average Bonchev–Trinajstić information content (AvgIpc) is 2.95.